The zero-order chi connectivity index (χ0) is 34.5. The molecule has 0 aliphatic carbocycles. The van der Waals surface area contributed by atoms with Crippen molar-refractivity contribution in [3.05, 3.63) is 119 Å². The smallest absolute Gasteiger partial charge is 0.497 e. The molecule has 0 spiro atoms. The maximum Gasteiger partial charge on any atom is 0.540 e. The normalized spacial score (nSPS) is 12.1. The average molecular weight is 756 g/mol. The number of aryl methyl sites for hydroxylation is 1. The molecule has 16 heteroatoms. The van der Waals surface area contributed by atoms with Crippen molar-refractivity contribution >= 4 is 75.3 Å². The van der Waals surface area contributed by atoms with E-state index in [-0.39, 0.29) is 0 Å². The van der Waals surface area contributed by atoms with Crippen LogP contribution in [-0.4, -0.2) is 61.2 Å². The first kappa shape index (κ1) is 36.9. The van der Waals surface area contributed by atoms with Gasteiger partial charge in [-0.05, 0) is 109 Å². The Hall–Kier alpha value is -3.95. The van der Waals surface area contributed by atoms with Gasteiger partial charge in [0.05, 0.1) is 46.9 Å². The van der Waals surface area contributed by atoms with Crippen LogP contribution in [0.5, 0.6) is 23.0 Å². The van der Waals surface area contributed by atoms with E-state index in [0.717, 1.165) is 33.8 Å². The number of benzene rings is 4. The number of hydrogen-bond donors (Lipinski definition) is 0. The highest BCUT2D eigenvalue weighted by Crippen LogP contribution is 2.33. The Balaban J connectivity index is 1.22. The van der Waals surface area contributed by atoms with Crippen LogP contribution in [0.3, 0.4) is 0 Å². The summed E-state index contributed by atoms with van der Waals surface area (Å²) in [6.07, 6.45) is 5.16. The maximum atomic E-state index is 5.95. The summed E-state index contributed by atoms with van der Waals surface area (Å²) in [7, 11) is 2.81. The molecular formula is C32H34N6O4P3S3+3. The summed E-state index contributed by atoms with van der Waals surface area (Å²) >= 11 is 16.6. The van der Waals surface area contributed by atoms with E-state index >= 15 is 0 Å². The van der Waals surface area contributed by atoms with E-state index in [2.05, 4.69) is 15.3 Å². The molecule has 0 aliphatic rings. The van der Waals surface area contributed by atoms with Gasteiger partial charge in [-0.1, -0.05) is 32.0 Å². The van der Waals surface area contributed by atoms with Crippen molar-refractivity contribution in [3.63, 3.8) is 0 Å². The van der Waals surface area contributed by atoms with Crippen molar-refractivity contribution in [1.29, 1.82) is 0 Å². The minimum atomic E-state index is -1.44. The molecule has 4 aromatic rings. The van der Waals surface area contributed by atoms with Gasteiger partial charge in [0.15, 0.2) is 17.2 Å². The van der Waals surface area contributed by atoms with E-state index in [1.807, 2.05) is 104 Å². The summed E-state index contributed by atoms with van der Waals surface area (Å²) in [5, 5.41) is 13.3. The summed E-state index contributed by atoms with van der Waals surface area (Å²) in [6.45, 7) is 2.02. The molecule has 0 saturated heterocycles. The molecule has 10 nitrogen and oxygen atoms in total. The van der Waals surface area contributed by atoms with Crippen molar-refractivity contribution < 1.29 is 18.3 Å². The fourth-order valence-corrected chi connectivity index (χ4v) is 6.37. The lowest BCUT2D eigenvalue weighted by atomic mass is 10.2. The van der Waals surface area contributed by atoms with E-state index < -0.39 is 21.2 Å². The van der Waals surface area contributed by atoms with E-state index in [4.69, 9.17) is 53.7 Å². The van der Waals surface area contributed by atoms with Gasteiger partial charge in [0, 0.05) is 0 Å². The molecule has 0 radical (unpaired) electrons. The van der Waals surface area contributed by atoms with Crippen molar-refractivity contribution in [1.82, 2.24) is 14.3 Å². The monoisotopic (exact) mass is 755 g/mol. The lowest BCUT2D eigenvalue weighted by molar-refractivity contribution is 0.415. The van der Waals surface area contributed by atoms with Gasteiger partial charge in [-0.2, -0.15) is 0 Å². The van der Waals surface area contributed by atoms with Crippen LogP contribution in [-0.2, 0) is 35.4 Å². The van der Waals surface area contributed by atoms with E-state index in [9.17, 15) is 0 Å². The zero-order valence-corrected chi connectivity index (χ0v) is 32.0. The maximum absolute atomic E-state index is 5.95. The first-order valence-corrected chi connectivity index (χ1v) is 21.0. The van der Waals surface area contributed by atoms with E-state index in [1.165, 1.54) is 0 Å². The van der Waals surface area contributed by atoms with Crippen molar-refractivity contribution in [2.24, 2.45) is 15.3 Å². The van der Waals surface area contributed by atoms with Crippen molar-refractivity contribution in [2.45, 2.75) is 6.92 Å². The minimum Gasteiger partial charge on any atom is -0.497 e. The lowest BCUT2D eigenvalue weighted by Gasteiger charge is -2.04. The van der Waals surface area contributed by atoms with Crippen LogP contribution in [0, 0.1) is 6.92 Å². The Morgan fingerprint density at radius 3 is 1.04 bits per heavy atom. The molecular weight excluding hydrogens is 722 g/mol. The van der Waals surface area contributed by atoms with Crippen LogP contribution in [0.1, 0.15) is 22.3 Å². The van der Waals surface area contributed by atoms with E-state index in [1.54, 1.807) is 61.2 Å². The summed E-state index contributed by atoms with van der Waals surface area (Å²) in [4.78, 5) is 0. The van der Waals surface area contributed by atoms with Crippen LogP contribution in [0.4, 0.5) is 0 Å². The first-order valence-electron chi connectivity index (χ1n) is 14.3. The van der Waals surface area contributed by atoms with Gasteiger partial charge in [0.25, 0.3) is 0 Å². The van der Waals surface area contributed by atoms with Gasteiger partial charge < -0.3 is 4.74 Å². The molecule has 3 atom stereocenters. The highest BCUT2D eigenvalue weighted by molar-refractivity contribution is 8.02. The summed E-state index contributed by atoms with van der Waals surface area (Å²) in [5.41, 5.74) is 3.84. The molecule has 0 fully saturated rings. The third kappa shape index (κ3) is 11.9. The summed E-state index contributed by atoms with van der Waals surface area (Å²) in [6, 6.07) is 30.3. The third-order valence-corrected chi connectivity index (χ3v) is 11.9. The van der Waals surface area contributed by atoms with Crippen LogP contribution in [0.2, 0.25) is 0 Å². The van der Waals surface area contributed by atoms with Crippen LogP contribution < -0.4 is 18.3 Å². The molecule has 0 amide bonds. The van der Waals surface area contributed by atoms with Gasteiger partial charge in [0.2, 0.25) is 35.4 Å². The second kappa shape index (κ2) is 18.6. The van der Waals surface area contributed by atoms with Crippen LogP contribution in [0.15, 0.2) is 112 Å². The van der Waals surface area contributed by atoms with Crippen LogP contribution >= 0.6 is 21.2 Å². The van der Waals surface area contributed by atoms with Crippen molar-refractivity contribution in [2.75, 3.05) is 28.3 Å². The number of methoxy groups -OCH3 is 1. The molecule has 0 saturated carbocycles. The Morgan fingerprint density at radius 2 is 0.750 bits per heavy atom. The average Bonchev–Trinajstić information content (AvgIpc) is 3.10. The minimum absolute atomic E-state index is 0.636. The fraction of sp³-hybridized carbons (Fsp3) is 0.156. The van der Waals surface area contributed by atoms with Gasteiger partial charge >= 0.3 is 21.2 Å². The standard InChI is InChI=1S/C32H34N6O4P3S3/c1-25-6-14-30(15-7-25)40-43(46)36(2)34-23-27-10-18-32(19-11-27)42-45(48)38(4)35-24-28-12-20-31(21-13-28)41-44(47)37(3)33-22-26-8-16-29(39-5)17-9-26/h6-24H,1-5H3/q+3/b33-22-,34-23-,35-24-. The molecule has 3 unspecified atom stereocenters. The number of rotatable bonds is 16. The topological polar surface area (TPSA) is 83.7 Å². The highest BCUT2D eigenvalue weighted by Gasteiger charge is 2.22. The fourth-order valence-electron chi connectivity index (χ4n) is 3.54. The van der Waals surface area contributed by atoms with Gasteiger partial charge in [-0.3, -0.25) is 13.6 Å². The lowest BCUT2D eigenvalue weighted by Crippen LogP contribution is -2.04. The summed E-state index contributed by atoms with van der Waals surface area (Å²) < 4.78 is 27.8. The molecule has 48 heavy (non-hydrogen) atoms. The highest BCUT2D eigenvalue weighted by atomic mass is 32.4. The molecule has 0 aromatic heterocycles. The Kier molecular flexibility index (Phi) is 14.3. The van der Waals surface area contributed by atoms with Crippen LogP contribution in [0.25, 0.3) is 0 Å². The number of hydrogen-bond acceptors (Lipinski definition) is 10. The van der Waals surface area contributed by atoms with E-state index in [0.29, 0.717) is 11.5 Å². The van der Waals surface area contributed by atoms with Gasteiger partial charge in [0.1, 0.15) is 5.75 Å². The number of ether oxygens (including phenoxy) is 1. The van der Waals surface area contributed by atoms with Gasteiger partial charge in [-0.25, -0.2) is 0 Å². The molecule has 4 aromatic carbocycles. The third-order valence-electron chi connectivity index (χ3n) is 6.28. The Bertz CT molecular complexity index is 1790. The predicted octanol–water partition coefficient (Wildman–Crippen LogP) is 8.36. The molecule has 0 N–H and O–H groups in total. The molecule has 4 rings (SSSR count). The second-order valence-corrected chi connectivity index (χ2v) is 16.4. The van der Waals surface area contributed by atoms with Gasteiger partial charge in [-0.15, -0.1) is 15.3 Å². The quantitative estimate of drug-likeness (QED) is 0.0632. The molecule has 0 aliphatic heterocycles. The predicted molar refractivity (Wildman–Crippen MR) is 208 cm³/mol. The Labute approximate surface area is 299 Å². The number of hydrazone groups is 3. The number of nitrogens with zero attached hydrogens (tertiary/aromatic N) is 6. The second-order valence-electron chi connectivity index (χ2n) is 9.91. The van der Waals surface area contributed by atoms with Crippen molar-refractivity contribution in [3.8, 4) is 23.0 Å². The SMILES string of the molecule is COc1ccc(/C=N\N(C)[P+](=S)Oc2ccc(/C=N\N(C)[P+](=S)Oc3ccc(/C=N\N(C)[P+](=S)Oc4ccc(C)cc4)cc3)cc2)cc1. The first-order chi connectivity index (χ1) is 23.1. The zero-order valence-electron chi connectivity index (χ0n) is 26.9. The largest absolute Gasteiger partial charge is 0.540 e. The molecule has 0 bridgehead atoms. The summed E-state index contributed by atoms with van der Waals surface area (Å²) in [5.74, 6) is 2.79. The molecule has 246 valence electrons. The molecule has 0 heterocycles. The Morgan fingerprint density at radius 1 is 0.479 bits per heavy atom.